The van der Waals surface area contributed by atoms with Crippen LogP contribution in [0.15, 0.2) is 0 Å². The molecule has 0 unspecified atom stereocenters. The number of rotatable bonds is 5. The molecule has 4 aliphatic rings. The number of nitrogens with two attached hydrogens (primary N) is 1. The first-order chi connectivity index (χ1) is 16.9. The molecule has 10 nitrogen and oxygen atoms in total. The molecule has 4 saturated heterocycles. The van der Waals surface area contributed by atoms with Gasteiger partial charge < -0.3 is 30.7 Å². The van der Waals surface area contributed by atoms with Crippen molar-refractivity contribution in [2.45, 2.75) is 76.3 Å². The van der Waals surface area contributed by atoms with E-state index in [1.165, 1.54) is 0 Å². The maximum absolute atomic E-state index is 12.2. The third-order valence-corrected chi connectivity index (χ3v) is 7.52. The maximum Gasteiger partial charge on any atom is 0.242 e. The van der Waals surface area contributed by atoms with Crippen LogP contribution in [0.1, 0.15) is 64.2 Å². The van der Waals surface area contributed by atoms with Crippen molar-refractivity contribution in [3.05, 3.63) is 0 Å². The molecule has 0 aromatic rings. The average Bonchev–Trinajstić information content (AvgIpc) is 3.54. The van der Waals surface area contributed by atoms with Gasteiger partial charge in [-0.05, 0) is 71.3 Å². The molecule has 35 heavy (non-hydrogen) atoms. The Bertz CT molecular complexity index is 735. The van der Waals surface area contributed by atoms with E-state index in [4.69, 9.17) is 5.73 Å². The molecule has 0 saturated carbocycles. The Labute approximate surface area is 209 Å². The van der Waals surface area contributed by atoms with E-state index in [1.807, 2.05) is 16.8 Å². The zero-order valence-electron chi connectivity index (χ0n) is 21.4. The number of carbonyl (C=O) groups excluding carboxylic acids is 4. The van der Waals surface area contributed by atoms with Crippen molar-refractivity contribution in [2.75, 3.05) is 59.4 Å². The number of likely N-dealkylation sites (tertiary alicyclic amines) is 4. The number of nitrogens with zero attached hydrogens (tertiary/aromatic N) is 4. The van der Waals surface area contributed by atoms with Gasteiger partial charge in [-0.1, -0.05) is 0 Å². The summed E-state index contributed by atoms with van der Waals surface area (Å²) in [6.45, 7) is 5.26. The molecule has 3 N–H and O–H groups in total. The molecule has 4 heterocycles. The van der Waals surface area contributed by atoms with E-state index in [9.17, 15) is 19.2 Å². The van der Waals surface area contributed by atoms with Crippen LogP contribution >= 0.6 is 0 Å². The Hall–Kier alpha value is -2.20. The minimum Gasteiger partial charge on any atom is -0.341 e. The first-order valence-corrected chi connectivity index (χ1v) is 13.5. The Morgan fingerprint density at radius 1 is 0.714 bits per heavy atom. The van der Waals surface area contributed by atoms with Gasteiger partial charge in [0, 0.05) is 39.3 Å². The van der Waals surface area contributed by atoms with Gasteiger partial charge in [0.25, 0.3) is 0 Å². The molecule has 0 bridgehead atoms. The van der Waals surface area contributed by atoms with Crippen LogP contribution in [0.3, 0.4) is 0 Å². The van der Waals surface area contributed by atoms with Crippen molar-refractivity contribution < 1.29 is 19.2 Å². The van der Waals surface area contributed by atoms with Crippen molar-refractivity contribution >= 4 is 23.6 Å². The molecule has 0 aromatic heterocycles. The summed E-state index contributed by atoms with van der Waals surface area (Å²) in [7, 11) is 1.81. The highest BCUT2D eigenvalue weighted by Gasteiger charge is 2.29. The van der Waals surface area contributed by atoms with Crippen LogP contribution in [0, 0.1) is 0 Å². The molecule has 0 aromatic carbocycles. The highest BCUT2D eigenvalue weighted by Crippen LogP contribution is 2.15. The summed E-state index contributed by atoms with van der Waals surface area (Å²) < 4.78 is 0. The molecule has 4 aliphatic heterocycles. The standard InChI is InChI=1S/C13H23N3O2.C12H21N3O2/c1-14-11-6-2-3-9-16(13(11)18)10-12(17)15-7-4-5-8-15;13-10-5-1-2-8-15(12(10)17)9-11(16)14-6-3-4-7-14/h11,14H,2-10H2,1H3;10H,1-9,13H2/t11-;10-/m00/s1. The normalized spacial score (nSPS) is 25.8. The Morgan fingerprint density at radius 2 is 1.14 bits per heavy atom. The van der Waals surface area contributed by atoms with Crippen LogP contribution in [0.5, 0.6) is 0 Å². The zero-order chi connectivity index (χ0) is 25.2. The second-order valence-electron chi connectivity index (χ2n) is 10.1. The highest BCUT2D eigenvalue weighted by molar-refractivity contribution is 5.88. The van der Waals surface area contributed by atoms with E-state index < -0.39 is 6.04 Å². The molecule has 198 valence electrons. The van der Waals surface area contributed by atoms with E-state index in [-0.39, 0.29) is 42.8 Å². The summed E-state index contributed by atoms with van der Waals surface area (Å²) >= 11 is 0. The monoisotopic (exact) mass is 492 g/mol. The van der Waals surface area contributed by atoms with E-state index in [1.54, 1.807) is 9.80 Å². The van der Waals surface area contributed by atoms with Gasteiger partial charge in [0.2, 0.25) is 23.6 Å². The molecular weight excluding hydrogens is 448 g/mol. The average molecular weight is 493 g/mol. The van der Waals surface area contributed by atoms with Crippen LogP contribution in [-0.4, -0.2) is 115 Å². The lowest BCUT2D eigenvalue weighted by Gasteiger charge is -2.26. The molecule has 0 aliphatic carbocycles. The summed E-state index contributed by atoms with van der Waals surface area (Å²) in [6, 6.07) is -0.525. The number of hydrogen-bond donors (Lipinski definition) is 2. The van der Waals surface area contributed by atoms with Crippen molar-refractivity contribution in [1.29, 1.82) is 0 Å². The van der Waals surface area contributed by atoms with Gasteiger partial charge in [-0.3, -0.25) is 19.2 Å². The fraction of sp³-hybridized carbons (Fsp3) is 0.840. The summed E-state index contributed by atoms with van der Waals surface area (Å²) in [5.74, 6) is 0.208. The quantitative estimate of drug-likeness (QED) is 0.564. The van der Waals surface area contributed by atoms with Crippen LogP contribution in [0.4, 0.5) is 0 Å². The lowest BCUT2D eigenvalue weighted by molar-refractivity contribution is -0.140. The number of amides is 4. The Kier molecular flexibility index (Phi) is 10.8. The van der Waals surface area contributed by atoms with Crippen molar-refractivity contribution in [1.82, 2.24) is 24.9 Å². The number of carbonyl (C=O) groups is 4. The SMILES string of the molecule is CN[C@H]1CCCCN(CC(=O)N2CCCC2)C1=O.N[C@H]1CCCCN(CC(=O)N2CCCC2)C1=O. The van der Waals surface area contributed by atoms with Gasteiger partial charge in [-0.15, -0.1) is 0 Å². The smallest absolute Gasteiger partial charge is 0.242 e. The molecule has 0 spiro atoms. The van der Waals surface area contributed by atoms with Crippen LogP contribution < -0.4 is 11.1 Å². The van der Waals surface area contributed by atoms with Crippen molar-refractivity contribution in [3.8, 4) is 0 Å². The van der Waals surface area contributed by atoms with Gasteiger partial charge in [-0.2, -0.15) is 0 Å². The van der Waals surface area contributed by atoms with Gasteiger partial charge in [-0.25, -0.2) is 0 Å². The van der Waals surface area contributed by atoms with Crippen LogP contribution in [0.25, 0.3) is 0 Å². The number of nitrogens with one attached hydrogen (secondary N) is 1. The van der Waals surface area contributed by atoms with Gasteiger partial charge in [0.05, 0.1) is 25.2 Å². The van der Waals surface area contributed by atoms with E-state index in [0.717, 1.165) is 96.9 Å². The summed E-state index contributed by atoms with van der Waals surface area (Å²) in [5.41, 5.74) is 5.78. The topological polar surface area (TPSA) is 119 Å². The molecule has 2 atom stereocenters. The zero-order valence-corrected chi connectivity index (χ0v) is 21.4. The van der Waals surface area contributed by atoms with Crippen molar-refractivity contribution in [3.63, 3.8) is 0 Å². The Morgan fingerprint density at radius 3 is 1.63 bits per heavy atom. The molecular formula is C25H44N6O4. The minimum atomic E-state index is -0.413. The van der Waals surface area contributed by atoms with E-state index in [2.05, 4.69) is 5.32 Å². The first-order valence-electron chi connectivity index (χ1n) is 13.5. The van der Waals surface area contributed by atoms with E-state index in [0.29, 0.717) is 6.54 Å². The lowest BCUT2D eigenvalue weighted by Crippen LogP contribution is -2.48. The maximum atomic E-state index is 12.2. The number of likely N-dealkylation sites (N-methyl/N-ethyl adjacent to an activating group) is 1. The van der Waals surface area contributed by atoms with Crippen LogP contribution in [-0.2, 0) is 19.2 Å². The van der Waals surface area contributed by atoms with Crippen LogP contribution in [0.2, 0.25) is 0 Å². The largest absolute Gasteiger partial charge is 0.341 e. The molecule has 4 amide bonds. The second-order valence-corrected chi connectivity index (χ2v) is 10.1. The minimum absolute atomic E-state index is 0.0601. The first kappa shape index (κ1) is 27.4. The third-order valence-electron chi connectivity index (χ3n) is 7.52. The molecule has 4 rings (SSSR count). The fourth-order valence-corrected chi connectivity index (χ4v) is 5.28. The second kappa shape index (κ2) is 13.8. The predicted molar refractivity (Wildman–Crippen MR) is 133 cm³/mol. The van der Waals surface area contributed by atoms with Gasteiger partial charge in [0.15, 0.2) is 0 Å². The van der Waals surface area contributed by atoms with Crippen molar-refractivity contribution in [2.24, 2.45) is 5.73 Å². The van der Waals surface area contributed by atoms with Gasteiger partial charge >= 0.3 is 0 Å². The molecule has 0 radical (unpaired) electrons. The Balaban J connectivity index is 0.000000196. The predicted octanol–water partition coefficient (Wildman–Crippen LogP) is 0.158. The molecule has 4 fully saturated rings. The lowest BCUT2D eigenvalue weighted by atomic mass is 10.1. The van der Waals surface area contributed by atoms with Gasteiger partial charge in [0.1, 0.15) is 0 Å². The molecule has 10 heteroatoms. The number of hydrogen-bond acceptors (Lipinski definition) is 6. The van der Waals surface area contributed by atoms with E-state index >= 15 is 0 Å². The summed E-state index contributed by atoms with van der Waals surface area (Å²) in [6.07, 6.45) is 9.95. The highest BCUT2D eigenvalue weighted by atomic mass is 16.2. The third kappa shape index (κ3) is 7.90. The summed E-state index contributed by atoms with van der Waals surface area (Å²) in [4.78, 5) is 55.3. The summed E-state index contributed by atoms with van der Waals surface area (Å²) in [5, 5.41) is 3.05. The fourth-order valence-electron chi connectivity index (χ4n) is 5.28.